The van der Waals surface area contributed by atoms with Crippen molar-refractivity contribution in [1.29, 1.82) is 0 Å². The maximum absolute atomic E-state index is 11.8. The number of ketones is 1. The van der Waals surface area contributed by atoms with E-state index in [4.69, 9.17) is 10.5 Å². The van der Waals surface area contributed by atoms with Gasteiger partial charge in [0, 0.05) is 6.42 Å². The van der Waals surface area contributed by atoms with Gasteiger partial charge in [-0.15, -0.1) is 0 Å². The van der Waals surface area contributed by atoms with Crippen molar-refractivity contribution in [2.45, 2.75) is 44.9 Å². The number of aliphatic hydroxyl groups excluding tert-OH is 1. The van der Waals surface area contributed by atoms with Gasteiger partial charge in [0.2, 0.25) is 0 Å². The van der Waals surface area contributed by atoms with Crippen LogP contribution in [0, 0.1) is 0 Å². The molecule has 2 atom stereocenters. The molecule has 0 aliphatic heterocycles. The molecule has 3 N–H and O–H groups in total. The molecule has 0 fully saturated rings. The molecule has 0 aliphatic rings. The van der Waals surface area contributed by atoms with Crippen molar-refractivity contribution >= 4 is 11.8 Å². The lowest BCUT2D eigenvalue weighted by Gasteiger charge is -2.22. The molecule has 0 spiro atoms. The third-order valence-electron chi connectivity index (χ3n) is 2.61. The summed E-state index contributed by atoms with van der Waals surface area (Å²) in [4.78, 5) is 23.4. The molecule has 1 aromatic carbocycles. The molecule has 0 saturated carbocycles. The van der Waals surface area contributed by atoms with Crippen molar-refractivity contribution in [3.8, 4) is 0 Å². The smallest absolute Gasteiger partial charge is 0.376 e. The van der Waals surface area contributed by atoms with Crippen LogP contribution in [0.1, 0.15) is 26.3 Å². The zero-order valence-electron chi connectivity index (χ0n) is 12.0. The summed E-state index contributed by atoms with van der Waals surface area (Å²) in [6, 6.07) is 7.83. The second-order valence-electron chi connectivity index (χ2n) is 5.65. The van der Waals surface area contributed by atoms with Gasteiger partial charge in [0.25, 0.3) is 5.78 Å². The Labute approximate surface area is 118 Å². The molecule has 5 nitrogen and oxygen atoms in total. The highest BCUT2D eigenvalue weighted by molar-refractivity contribution is 6.35. The van der Waals surface area contributed by atoms with Crippen LogP contribution in [0.2, 0.25) is 0 Å². The van der Waals surface area contributed by atoms with E-state index in [0.29, 0.717) is 0 Å². The average molecular weight is 279 g/mol. The highest BCUT2D eigenvalue weighted by atomic mass is 16.6. The molecule has 0 aliphatic carbocycles. The molecular formula is C15H21NO4. The number of ether oxygens (including phenoxy) is 1. The molecule has 1 aromatic rings. The van der Waals surface area contributed by atoms with E-state index in [9.17, 15) is 14.7 Å². The van der Waals surface area contributed by atoms with Crippen molar-refractivity contribution in [2.24, 2.45) is 5.73 Å². The highest BCUT2D eigenvalue weighted by Crippen LogP contribution is 2.10. The van der Waals surface area contributed by atoms with Gasteiger partial charge in [-0.1, -0.05) is 30.3 Å². The Morgan fingerprint density at radius 2 is 1.80 bits per heavy atom. The van der Waals surface area contributed by atoms with Crippen molar-refractivity contribution < 1.29 is 19.4 Å². The summed E-state index contributed by atoms with van der Waals surface area (Å²) in [6.45, 7) is 4.97. The zero-order valence-corrected chi connectivity index (χ0v) is 12.0. The minimum absolute atomic E-state index is 0.205. The molecule has 1 unspecified atom stereocenters. The molecule has 110 valence electrons. The maximum Gasteiger partial charge on any atom is 0.376 e. The molecule has 0 radical (unpaired) electrons. The monoisotopic (exact) mass is 279 g/mol. The van der Waals surface area contributed by atoms with E-state index in [-0.39, 0.29) is 6.42 Å². The number of hydrogen-bond donors (Lipinski definition) is 2. The summed E-state index contributed by atoms with van der Waals surface area (Å²) in [5.41, 5.74) is 5.70. The van der Waals surface area contributed by atoms with Crippen LogP contribution >= 0.6 is 0 Å². The van der Waals surface area contributed by atoms with E-state index in [0.717, 1.165) is 5.56 Å². The summed E-state index contributed by atoms with van der Waals surface area (Å²) < 4.78 is 4.94. The topological polar surface area (TPSA) is 89.6 Å². The number of nitrogens with two attached hydrogens (primary N) is 1. The van der Waals surface area contributed by atoms with E-state index in [1.807, 2.05) is 30.3 Å². The van der Waals surface area contributed by atoms with Crippen molar-refractivity contribution in [2.75, 3.05) is 0 Å². The first-order chi connectivity index (χ1) is 9.20. The van der Waals surface area contributed by atoms with Gasteiger partial charge in [0.1, 0.15) is 11.6 Å². The Morgan fingerprint density at radius 3 is 2.30 bits per heavy atom. The normalized spacial score (nSPS) is 14.4. The zero-order chi connectivity index (χ0) is 15.3. The number of rotatable bonds is 5. The first-order valence-electron chi connectivity index (χ1n) is 6.45. The number of benzene rings is 1. The fraction of sp³-hybridized carbons (Fsp3) is 0.467. The van der Waals surface area contributed by atoms with Crippen LogP contribution in [0.25, 0.3) is 0 Å². The summed E-state index contributed by atoms with van der Waals surface area (Å²) in [6.07, 6.45) is -0.922. The lowest BCUT2D eigenvalue weighted by molar-refractivity contribution is -0.163. The van der Waals surface area contributed by atoms with Crippen LogP contribution in [-0.2, 0) is 20.7 Å². The first-order valence-corrected chi connectivity index (χ1v) is 6.45. The number of carbonyl (C=O) groups is 2. The SMILES string of the molecule is CC(C)(C)OC(=O)C(=O)[C@@H](N)C(O)Cc1ccccc1. The van der Waals surface area contributed by atoms with E-state index < -0.39 is 29.5 Å². The predicted molar refractivity (Wildman–Crippen MR) is 75.0 cm³/mol. The minimum atomic E-state index is -1.29. The van der Waals surface area contributed by atoms with Crippen LogP contribution in [0.4, 0.5) is 0 Å². The fourth-order valence-electron chi connectivity index (χ4n) is 1.62. The van der Waals surface area contributed by atoms with Crippen LogP contribution < -0.4 is 5.73 Å². The van der Waals surface area contributed by atoms with Gasteiger partial charge in [-0.3, -0.25) is 4.79 Å². The Kier molecular flexibility index (Phi) is 5.42. The molecule has 0 bridgehead atoms. The van der Waals surface area contributed by atoms with E-state index >= 15 is 0 Å². The molecule has 1 rings (SSSR count). The van der Waals surface area contributed by atoms with Crippen LogP contribution in [-0.4, -0.2) is 34.6 Å². The van der Waals surface area contributed by atoms with Crippen molar-refractivity contribution in [3.05, 3.63) is 35.9 Å². The number of hydrogen-bond acceptors (Lipinski definition) is 5. The van der Waals surface area contributed by atoms with Crippen molar-refractivity contribution in [3.63, 3.8) is 0 Å². The molecule has 0 amide bonds. The lowest BCUT2D eigenvalue weighted by Crippen LogP contribution is -2.48. The summed E-state index contributed by atoms with van der Waals surface area (Å²) >= 11 is 0. The van der Waals surface area contributed by atoms with Gasteiger partial charge in [-0.25, -0.2) is 4.79 Å². The molecule has 20 heavy (non-hydrogen) atoms. The Hall–Kier alpha value is -1.72. The predicted octanol–water partition coefficient (Wildman–Crippen LogP) is 0.828. The molecule has 0 aromatic heterocycles. The van der Waals surface area contributed by atoms with Gasteiger partial charge in [-0.2, -0.15) is 0 Å². The number of carbonyl (C=O) groups excluding carboxylic acids is 2. The fourth-order valence-corrected chi connectivity index (χ4v) is 1.62. The number of esters is 1. The minimum Gasteiger partial charge on any atom is -0.454 e. The van der Waals surface area contributed by atoms with E-state index in [2.05, 4.69) is 0 Å². The van der Waals surface area contributed by atoms with Crippen LogP contribution in [0.15, 0.2) is 30.3 Å². The molecule has 0 saturated heterocycles. The second-order valence-corrected chi connectivity index (χ2v) is 5.65. The van der Waals surface area contributed by atoms with E-state index in [1.165, 1.54) is 0 Å². The van der Waals surface area contributed by atoms with Gasteiger partial charge in [-0.05, 0) is 26.3 Å². The average Bonchev–Trinajstić information content (AvgIpc) is 2.36. The highest BCUT2D eigenvalue weighted by Gasteiger charge is 2.31. The third-order valence-corrected chi connectivity index (χ3v) is 2.61. The molecule has 5 heteroatoms. The Balaban J connectivity index is 2.62. The number of Topliss-reactive ketones (excluding diaryl/α,β-unsaturated/α-hetero) is 1. The third kappa shape index (κ3) is 5.11. The van der Waals surface area contributed by atoms with Gasteiger partial charge in [0.15, 0.2) is 0 Å². The summed E-state index contributed by atoms with van der Waals surface area (Å²) in [5.74, 6) is -1.93. The largest absolute Gasteiger partial charge is 0.454 e. The molecular weight excluding hydrogens is 258 g/mol. The van der Waals surface area contributed by atoms with Gasteiger partial charge >= 0.3 is 5.97 Å². The van der Waals surface area contributed by atoms with Crippen LogP contribution in [0.3, 0.4) is 0 Å². The summed E-state index contributed by atoms with van der Waals surface area (Å²) in [7, 11) is 0. The Morgan fingerprint density at radius 1 is 1.25 bits per heavy atom. The number of aliphatic hydroxyl groups is 1. The van der Waals surface area contributed by atoms with Crippen molar-refractivity contribution in [1.82, 2.24) is 0 Å². The Bertz CT molecular complexity index is 465. The lowest BCUT2D eigenvalue weighted by atomic mass is 9.99. The standard InChI is InChI=1S/C15H21NO4/c1-15(2,3)20-14(19)13(18)12(16)11(17)9-10-7-5-4-6-8-10/h4-8,11-12,17H,9,16H2,1-3H3/t11?,12-/m0/s1. The summed E-state index contributed by atoms with van der Waals surface area (Å²) in [5, 5.41) is 9.94. The second kappa shape index (κ2) is 6.63. The van der Waals surface area contributed by atoms with Crippen LogP contribution in [0.5, 0.6) is 0 Å². The first kappa shape index (κ1) is 16.3. The maximum atomic E-state index is 11.8. The quantitative estimate of drug-likeness (QED) is 0.615. The van der Waals surface area contributed by atoms with Gasteiger partial charge in [0.05, 0.1) is 6.10 Å². The molecule has 0 heterocycles. The van der Waals surface area contributed by atoms with E-state index in [1.54, 1.807) is 20.8 Å². The van der Waals surface area contributed by atoms with Gasteiger partial charge < -0.3 is 15.6 Å².